The molecule has 1 saturated carbocycles. The summed E-state index contributed by atoms with van der Waals surface area (Å²) in [6.45, 7) is 1.60. The molecule has 5 rings (SSSR count). The molecule has 1 aromatic heterocycles. The Kier molecular flexibility index (Phi) is 5.40. The van der Waals surface area contributed by atoms with E-state index in [4.69, 9.17) is 4.74 Å². The van der Waals surface area contributed by atoms with Crippen molar-refractivity contribution < 1.29 is 14.3 Å². The highest BCUT2D eigenvalue weighted by Gasteiger charge is 2.47. The molecule has 31 heavy (non-hydrogen) atoms. The zero-order chi connectivity index (χ0) is 21.3. The molecule has 0 bridgehead atoms. The van der Waals surface area contributed by atoms with Crippen molar-refractivity contribution in [2.45, 2.75) is 62.8 Å². The second kappa shape index (κ2) is 8.34. The van der Waals surface area contributed by atoms with Gasteiger partial charge in [0.15, 0.2) is 6.10 Å². The van der Waals surface area contributed by atoms with E-state index in [-0.39, 0.29) is 11.9 Å². The normalized spacial score (nSPS) is 22.8. The summed E-state index contributed by atoms with van der Waals surface area (Å²) in [5.41, 5.74) is 0.102. The largest absolute Gasteiger partial charge is 0.352 e. The Morgan fingerprint density at radius 1 is 1.10 bits per heavy atom. The van der Waals surface area contributed by atoms with Crippen molar-refractivity contribution in [2.24, 2.45) is 0 Å². The number of ether oxygens (including phenoxy) is 1. The predicted molar refractivity (Wildman–Crippen MR) is 115 cm³/mol. The number of amides is 3. The van der Waals surface area contributed by atoms with Crippen molar-refractivity contribution in [3.8, 4) is 0 Å². The van der Waals surface area contributed by atoms with Gasteiger partial charge in [0.05, 0.1) is 6.54 Å². The maximum absolute atomic E-state index is 12.9. The van der Waals surface area contributed by atoms with Gasteiger partial charge in [0.1, 0.15) is 11.4 Å². The maximum atomic E-state index is 12.9. The summed E-state index contributed by atoms with van der Waals surface area (Å²) in [6.07, 6.45) is 8.83. The third kappa shape index (κ3) is 4.04. The number of fused-ring (bicyclic) bond motifs is 2. The van der Waals surface area contributed by atoms with Crippen LogP contribution in [0.3, 0.4) is 0 Å². The first-order chi connectivity index (χ1) is 15.1. The number of para-hydroxylation sites is 1. The van der Waals surface area contributed by atoms with E-state index in [1.807, 2.05) is 46.0 Å². The highest BCUT2D eigenvalue weighted by molar-refractivity contribution is 5.94. The number of rotatable bonds is 3. The maximum Gasteiger partial charge on any atom is 0.317 e. The summed E-state index contributed by atoms with van der Waals surface area (Å²) in [4.78, 5) is 32.1. The van der Waals surface area contributed by atoms with Gasteiger partial charge in [-0.25, -0.2) is 9.78 Å². The van der Waals surface area contributed by atoms with Crippen LogP contribution >= 0.6 is 0 Å². The molecular weight excluding hydrogens is 394 g/mol. The summed E-state index contributed by atoms with van der Waals surface area (Å²) >= 11 is 0. The number of hydrogen-bond acceptors (Lipinski definition) is 4. The molecule has 1 spiro atoms. The number of carbonyl (C=O) groups excluding carboxylic acids is 2. The summed E-state index contributed by atoms with van der Waals surface area (Å²) in [5, 5.41) is 6.12. The number of hydrogen-bond donors (Lipinski definition) is 2. The van der Waals surface area contributed by atoms with Crippen LogP contribution in [-0.4, -0.2) is 51.6 Å². The van der Waals surface area contributed by atoms with Crippen LogP contribution in [0.5, 0.6) is 0 Å². The van der Waals surface area contributed by atoms with E-state index in [0.29, 0.717) is 38.5 Å². The number of imidazole rings is 1. The van der Waals surface area contributed by atoms with Crippen molar-refractivity contribution in [1.29, 1.82) is 0 Å². The summed E-state index contributed by atoms with van der Waals surface area (Å²) < 4.78 is 8.46. The fourth-order valence-corrected chi connectivity index (χ4v) is 5.03. The van der Waals surface area contributed by atoms with Gasteiger partial charge in [-0.3, -0.25) is 4.79 Å². The van der Waals surface area contributed by atoms with Crippen LogP contribution in [0, 0.1) is 0 Å². The quantitative estimate of drug-likeness (QED) is 0.795. The molecule has 8 heteroatoms. The number of nitrogens with zero attached hydrogens (tertiary/aromatic N) is 3. The standard InChI is InChI=1S/C23H29N5O3/c29-20(25-17-6-2-1-3-7-17)19-16-28-15-12-24-21(28)23(31-19)10-13-27(14-11-23)22(30)26-18-8-4-5-9-18/h1-3,6-7,12,15,18-19H,4-5,8-11,13-14,16H2,(H,25,29)(H,26,30). The van der Waals surface area contributed by atoms with Gasteiger partial charge in [-0.1, -0.05) is 31.0 Å². The SMILES string of the molecule is O=C(Nc1ccccc1)C1Cn2ccnc2C2(CCN(C(=O)NC3CCCC3)CC2)O1. The zero-order valence-corrected chi connectivity index (χ0v) is 17.6. The Hall–Kier alpha value is -2.87. The minimum Gasteiger partial charge on any atom is -0.352 e. The Balaban J connectivity index is 1.27. The van der Waals surface area contributed by atoms with Gasteiger partial charge in [0, 0.05) is 50.1 Å². The summed E-state index contributed by atoms with van der Waals surface area (Å²) in [6, 6.07) is 9.73. The lowest BCUT2D eigenvalue weighted by Gasteiger charge is -2.45. The molecule has 1 aromatic carbocycles. The number of benzene rings is 1. The van der Waals surface area contributed by atoms with E-state index in [9.17, 15) is 9.59 Å². The first-order valence-corrected chi connectivity index (χ1v) is 11.2. The van der Waals surface area contributed by atoms with Gasteiger partial charge in [-0.05, 0) is 25.0 Å². The van der Waals surface area contributed by atoms with Gasteiger partial charge < -0.3 is 24.8 Å². The molecule has 2 N–H and O–H groups in total. The lowest BCUT2D eigenvalue weighted by molar-refractivity contribution is -0.167. The van der Waals surface area contributed by atoms with Gasteiger partial charge >= 0.3 is 6.03 Å². The van der Waals surface area contributed by atoms with Crippen LogP contribution in [0.1, 0.15) is 44.3 Å². The van der Waals surface area contributed by atoms with Gasteiger partial charge in [-0.2, -0.15) is 0 Å². The Bertz CT molecular complexity index is 930. The average Bonchev–Trinajstić information content (AvgIpc) is 3.47. The molecule has 1 atom stereocenters. The zero-order valence-electron chi connectivity index (χ0n) is 17.6. The van der Waals surface area contributed by atoms with E-state index in [2.05, 4.69) is 15.6 Å². The monoisotopic (exact) mass is 423 g/mol. The van der Waals surface area contributed by atoms with E-state index in [0.717, 1.165) is 24.4 Å². The van der Waals surface area contributed by atoms with Gasteiger partial charge in [0.25, 0.3) is 5.91 Å². The number of aromatic nitrogens is 2. The van der Waals surface area contributed by atoms with Crippen molar-refractivity contribution in [2.75, 3.05) is 18.4 Å². The molecule has 3 heterocycles. The highest BCUT2D eigenvalue weighted by Crippen LogP contribution is 2.40. The molecule has 3 aliphatic rings. The average molecular weight is 424 g/mol. The van der Waals surface area contributed by atoms with Crippen molar-refractivity contribution in [3.05, 3.63) is 48.5 Å². The van der Waals surface area contributed by atoms with Crippen molar-refractivity contribution in [3.63, 3.8) is 0 Å². The van der Waals surface area contributed by atoms with E-state index in [1.54, 1.807) is 6.20 Å². The van der Waals surface area contributed by atoms with Crippen molar-refractivity contribution >= 4 is 17.6 Å². The third-order valence-corrected chi connectivity index (χ3v) is 6.73. The second-order valence-corrected chi connectivity index (χ2v) is 8.78. The fourth-order valence-electron chi connectivity index (χ4n) is 5.03. The number of nitrogens with one attached hydrogen (secondary N) is 2. The van der Waals surface area contributed by atoms with E-state index in [1.165, 1.54) is 12.8 Å². The van der Waals surface area contributed by atoms with E-state index >= 15 is 0 Å². The minimum atomic E-state index is -0.648. The number of anilines is 1. The lowest BCUT2D eigenvalue weighted by Crippen LogP contribution is -2.55. The predicted octanol–water partition coefficient (Wildman–Crippen LogP) is 2.86. The third-order valence-electron chi connectivity index (χ3n) is 6.73. The lowest BCUT2D eigenvalue weighted by atomic mass is 9.88. The van der Waals surface area contributed by atoms with Crippen LogP contribution in [0.25, 0.3) is 0 Å². The molecule has 164 valence electrons. The molecule has 0 radical (unpaired) electrons. The first kappa shape index (κ1) is 20.1. The van der Waals surface area contributed by atoms with Crippen LogP contribution < -0.4 is 10.6 Å². The number of carbonyl (C=O) groups is 2. The van der Waals surface area contributed by atoms with Crippen molar-refractivity contribution in [1.82, 2.24) is 19.8 Å². The first-order valence-electron chi connectivity index (χ1n) is 11.2. The van der Waals surface area contributed by atoms with Gasteiger partial charge in [-0.15, -0.1) is 0 Å². The number of urea groups is 1. The molecule has 2 fully saturated rings. The molecule has 1 unspecified atom stereocenters. The molecule has 1 aliphatic carbocycles. The van der Waals surface area contributed by atoms with Crippen LogP contribution in [0.4, 0.5) is 10.5 Å². The molecule has 3 amide bonds. The topological polar surface area (TPSA) is 88.5 Å². The van der Waals surface area contributed by atoms with Gasteiger partial charge in [0.2, 0.25) is 0 Å². The molecule has 1 saturated heterocycles. The van der Waals surface area contributed by atoms with Crippen LogP contribution in [-0.2, 0) is 21.7 Å². The smallest absolute Gasteiger partial charge is 0.317 e. The molecule has 2 aliphatic heterocycles. The highest BCUT2D eigenvalue weighted by atomic mass is 16.5. The fraction of sp³-hybridized carbons (Fsp3) is 0.522. The second-order valence-electron chi connectivity index (χ2n) is 8.78. The Labute approximate surface area is 182 Å². The molecule has 8 nitrogen and oxygen atoms in total. The molecule has 2 aromatic rings. The summed E-state index contributed by atoms with van der Waals surface area (Å²) in [5.74, 6) is 0.693. The van der Waals surface area contributed by atoms with Crippen LogP contribution in [0.2, 0.25) is 0 Å². The Morgan fingerprint density at radius 3 is 2.58 bits per heavy atom. The van der Waals surface area contributed by atoms with Crippen LogP contribution in [0.15, 0.2) is 42.7 Å². The minimum absolute atomic E-state index is 0.0132. The number of likely N-dealkylation sites (tertiary alicyclic amines) is 1. The number of piperidine rings is 1. The Morgan fingerprint density at radius 2 is 1.84 bits per heavy atom. The molecular formula is C23H29N5O3. The summed E-state index contributed by atoms with van der Waals surface area (Å²) in [7, 11) is 0. The van der Waals surface area contributed by atoms with E-state index < -0.39 is 11.7 Å².